The number of ether oxygens (including phenoxy) is 2. The second kappa shape index (κ2) is 10.6. The third-order valence-electron chi connectivity index (χ3n) is 3.70. The SMILES string of the molecule is CN=C(NCCC1CC1)NCC(C)Oc1cccc(OC)c1.I. The smallest absolute Gasteiger partial charge is 0.191 e. The van der Waals surface area contributed by atoms with Crippen LogP contribution >= 0.6 is 24.0 Å². The monoisotopic (exact) mass is 433 g/mol. The Labute approximate surface area is 156 Å². The average Bonchev–Trinajstić information content (AvgIpc) is 3.35. The van der Waals surface area contributed by atoms with Crippen LogP contribution < -0.4 is 20.1 Å². The minimum Gasteiger partial charge on any atom is -0.497 e. The van der Waals surface area contributed by atoms with Crippen LogP contribution in [-0.2, 0) is 0 Å². The van der Waals surface area contributed by atoms with Crippen molar-refractivity contribution in [2.45, 2.75) is 32.3 Å². The Kier molecular flexibility index (Phi) is 9.13. The van der Waals surface area contributed by atoms with Gasteiger partial charge in [0, 0.05) is 19.7 Å². The van der Waals surface area contributed by atoms with Crippen molar-refractivity contribution >= 4 is 29.9 Å². The van der Waals surface area contributed by atoms with Crippen LogP contribution in [0.3, 0.4) is 0 Å². The molecular weight excluding hydrogens is 405 g/mol. The summed E-state index contributed by atoms with van der Waals surface area (Å²) in [6.45, 7) is 3.71. The maximum absolute atomic E-state index is 5.88. The molecule has 2 rings (SSSR count). The number of hydrogen-bond acceptors (Lipinski definition) is 3. The first-order chi connectivity index (χ1) is 10.7. The molecule has 0 aliphatic heterocycles. The number of rotatable bonds is 8. The molecule has 0 saturated heterocycles. The zero-order valence-corrected chi connectivity index (χ0v) is 16.5. The molecule has 6 heteroatoms. The summed E-state index contributed by atoms with van der Waals surface area (Å²) in [6, 6.07) is 7.65. The molecule has 2 N–H and O–H groups in total. The zero-order chi connectivity index (χ0) is 15.8. The molecule has 1 aromatic carbocycles. The molecule has 1 unspecified atom stereocenters. The van der Waals surface area contributed by atoms with E-state index in [0.717, 1.165) is 29.9 Å². The Morgan fingerprint density at radius 3 is 2.70 bits per heavy atom. The number of methoxy groups -OCH3 is 1. The summed E-state index contributed by atoms with van der Waals surface area (Å²) in [6.07, 6.45) is 4.04. The molecule has 1 atom stereocenters. The van der Waals surface area contributed by atoms with Gasteiger partial charge in [-0.2, -0.15) is 0 Å². The van der Waals surface area contributed by atoms with Crippen molar-refractivity contribution < 1.29 is 9.47 Å². The quantitative estimate of drug-likeness (QED) is 0.376. The Morgan fingerprint density at radius 1 is 1.30 bits per heavy atom. The minimum absolute atomic E-state index is 0. The van der Waals surface area contributed by atoms with Gasteiger partial charge in [-0.25, -0.2) is 0 Å². The van der Waals surface area contributed by atoms with Gasteiger partial charge in [-0.05, 0) is 31.4 Å². The highest BCUT2D eigenvalue weighted by molar-refractivity contribution is 14.0. The molecular formula is C17H28IN3O2. The summed E-state index contributed by atoms with van der Waals surface area (Å²) in [5.74, 6) is 3.38. The maximum Gasteiger partial charge on any atom is 0.191 e. The molecule has 0 radical (unpaired) electrons. The fourth-order valence-corrected chi connectivity index (χ4v) is 2.21. The van der Waals surface area contributed by atoms with Gasteiger partial charge in [-0.1, -0.05) is 18.9 Å². The lowest BCUT2D eigenvalue weighted by atomic mass is 10.3. The number of halogens is 1. The summed E-state index contributed by atoms with van der Waals surface area (Å²) in [4.78, 5) is 4.23. The van der Waals surface area contributed by atoms with Crippen LogP contribution in [0.4, 0.5) is 0 Å². The van der Waals surface area contributed by atoms with Crippen molar-refractivity contribution in [2.75, 3.05) is 27.2 Å². The molecule has 0 bridgehead atoms. The van der Waals surface area contributed by atoms with Crippen molar-refractivity contribution in [3.8, 4) is 11.5 Å². The summed E-state index contributed by atoms with van der Waals surface area (Å²) in [5.41, 5.74) is 0. The molecule has 1 saturated carbocycles. The first kappa shape index (κ1) is 19.9. The summed E-state index contributed by atoms with van der Waals surface area (Å²) >= 11 is 0. The highest BCUT2D eigenvalue weighted by atomic mass is 127. The van der Waals surface area contributed by atoms with Crippen molar-refractivity contribution in [2.24, 2.45) is 10.9 Å². The molecule has 0 spiro atoms. The van der Waals surface area contributed by atoms with E-state index in [1.807, 2.05) is 31.2 Å². The number of nitrogens with zero attached hydrogens (tertiary/aromatic N) is 1. The summed E-state index contributed by atoms with van der Waals surface area (Å²) < 4.78 is 11.1. The fourth-order valence-electron chi connectivity index (χ4n) is 2.21. The third kappa shape index (κ3) is 7.76. The summed E-state index contributed by atoms with van der Waals surface area (Å²) in [7, 11) is 3.45. The minimum atomic E-state index is 0. The maximum atomic E-state index is 5.88. The number of aliphatic imine (C=N–C) groups is 1. The molecule has 23 heavy (non-hydrogen) atoms. The second-order valence-electron chi connectivity index (χ2n) is 5.72. The summed E-state index contributed by atoms with van der Waals surface area (Å²) in [5, 5.41) is 6.64. The van der Waals surface area contributed by atoms with E-state index >= 15 is 0 Å². The number of benzene rings is 1. The lowest BCUT2D eigenvalue weighted by Crippen LogP contribution is -2.42. The number of nitrogens with one attached hydrogen (secondary N) is 2. The van der Waals surface area contributed by atoms with E-state index in [-0.39, 0.29) is 30.1 Å². The van der Waals surface area contributed by atoms with Crippen LogP contribution in [0.1, 0.15) is 26.2 Å². The lowest BCUT2D eigenvalue weighted by Gasteiger charge is -2.18. The molecule has 0 heterocycles. The molecule has 0 aromatic heterocycles. The highest BCUT2D eigenvalue weighted by Gasteiger charge is 2.20. The molecule has 1 aromatic rings. The lowest BCUT2D eigenvalue weighted by molar-refractivity contribution is 0.223. The van der Waals surface area contributed by atoms with E-state index in [2.05, 4.69) is 15.6 Å². The van der Waals surface area contributed by atoms with Gasteiger partial charge in [0.15, 0.2) is 5.96 Å². The van der Waals surface area contributed by atoms with Crippen LogP contribution in [0.2, 0.25) is 0 Å². The third-order valence-corrected chi connectivity index (χ3v) is 3.70. The molecule has 5 nitrogen and oxygen atoms in total. The second-order valence-corrected chi connectivity index (χ2v) is 5.72. The normalized spacial score (nSPS) is 15.3. The molecule has 1 aliphatic rings. The molecule has 1 aliphatic carbocycles. The standard InChI is InChI=1S/C17H27N3O2.HI/c1-13(22-16-6-4-5-15(11-16)21-3)12-20-17(18-2)19-10-9-14-7-8-14;/h4-6,11,13-14H,7-10,12H2,1-3H3,(H2,18,19,20);1H. The van der Waals surface area contributed by atoms with Gasteiger partial charge in [0.1, 0.15) is 17.6 Å². The number of guanidine groups is 1. The largest absolute Gasteiger partial charge is 0.497 e. The van der Waals surface area contributed by atoms with Crippen molar-refractivity contribution in [3.63, 3.8) is 0 Å². The van der Waals surface area contributed by atoms with Gasteiger partial charge >= 0.3 is 0 Å². The van der Waals surface area contributed by atoms with Gasteiger partial charge in [0.25, 0.3) is 0 Å². The van der Waals surface area contributed by atoms with E-state index in [9.17, 15) is 0 Å². The van der Waals surface area contributed by atoms with Gasteiger partial charge < -0.3 is 20.1 Å². The van der Waals surface area contributed by atoms with Gasteiger partial charge in [-0.3, -0.25) is 4.99 Å². The van der Waals surface area contributed by atoms with Crippen molar-refractivity contribution in [1.82, 2.24) is 10.6 Å². The first-order valence-electron chi connectivity index (χ1n) is 7.96. The predicted molar refractivity (Wildman–Crippen MR) is 105 cm³/mol. The average molecular weight is 433 g/mol. The van der Waals surface area contributed by atoms with E-state index in [1.54, 1.807) is 14.2 Å². The molecule has 0 amide bonds. The van der Waals surface area contributed by atoms with Crippen LogP contribution in [0.5, 0.6) is 11.5 Å². The van der Waals surface area contributed by atoms with Crippen LogP contribution in [-0.4, -0.2) is 39.3 Å². The Hall–Kier alpha value is -1.18. The number of hydrogen-bond donors (Lipinski definition) is 2. The zero-order valence-electron chi connectivity index (χ0n) is 14.2. The van der Waals surface area contributed by atoms with Crippen LogP contribution in [0, 0.1) is 5.92 Å². The van der Waals surface area contributed by atoms with E-state index in [4.69, 9.17) is 9.47 Å². The molecule has 130 valence electrons. The van der Waals surface area contributed by atoms with Crippen molar-refractivity contribution in [1.29, 1.82) is 0 Å². The predicted octanol–water partition coefficient (Wildman–Crippen LogP) is 3.05. The Morgan fingerprint density at radius 2 is 2.04 bits per heavy atom. The van der Waals surface area contributed by atoms with E-state index < -0.39 is 0 Å². The van der Waals surface area contributed by atoms with Crippen LogP contribution in [0.15, 0.2) is 29.3 Å². The first-order valence-corrected chi connectivity index (χ1v) is 7.96. The topological polar surface area (TPSA) is 54.9 Å². The van der Waals surface area contributed by atoms with Gasteiger partial charge in [0.2, 0.25) is 0 Å². The Balaban J connectivity index is 0.00000264. The van der Waals surface area contributed by atoms with Crippen LogP contribution in [0.25, 0.3) is 0 Å². The van der Waals surface area contributed by atoms with Gasteiger partial charge in [-0.15, -0.1) is 24.0 Å². The van der Waals surface area contributed by atoms with E-state index in [0.29, 0.717) is 6.54 Å². The highest BCUT2D eigenvalue weighted by Crippen LogP contribution is 2.31. The molecule has 1 fully saturated rings. The fraction of sp³-hybridized carbons (Fsp3) is 0.588. The Bertz CT molecular complexity index is 492. The van der Waals surface area contributed by atoms with Crippen molar-refractivity contribution in [3.05, 3.63) is 24.3 Å². The van der Waals surface area contributed by atoms with E-state index in [1.165, 1.54) is 19.3 Å². The van der Waals surface area contributed by atoms with Gasteiger partial charge in [0.05, 0.1) is 13.7 Å².